The second kappa shape index (κ2) is 8.04. The fourth-order valence-electron chi connectivity index (χ4n) is 3.43. The Kier molecular flexibility index (Phi) is 5.33. The maximum Gasteiger partial charge on any atom is 0.349 e. The van der Waals surface area contributed by atoms with E-state index in [1.807, 2.05) is 23.6 Å². The van der Waals surface area contributed by atoms with Crippen LogP contribution in [0.3, 0.4) is 0 Å². The molecule has 1 atom stereocenters. The van der Waals surface area contributed by atoms with E-state index in [4.69, 9.17) is 9.15 Å². The summed E-state index contributed by atoms with van der Waals surface area (Å²) in [4.78, 5) is 27.5. The number of carbonyl (C=O) groups is 1. The highest BCUT2D eigenvalue weighted by Gasteiger charge is 2.28. The number of rotatable bonds is 5. The van der Waals surface area contributed by atoms with Crippen molar-refractivity contribution in [3.8, 4) is 0 Å². The van der Waals surface area contributed by atoms with Gasteiger partial charge in [-0.2, -0.15) is 0 Å². The molecule has 0 unspecified atom stereocenters. The molecule has 0 radical (unpaired) electrons. The topological polar surface area (TPSA) is 73.0 Å². The summed E-state index contributed by atoms with van der Waals surface area (Å²) in [5.74, 6) is -0.399. The van der Waals surface area contributed by atoms with E-state index in [9.17, 15) is 9.59 Å². The summed E-state index contributed by atoms with van der Waals surface area (Å²) >= 11 is 1.68. The first kappa shape index (κ1) is 17.9. The highest BCUT2D eigenvalue weighted by atomic mass is 32.1. The summed E-state index contributed by atoms with van der Waals surface area (Å²) in [6.07, 6.45) is 0. The average molecular weight is 385 g/mol. The Bertz CT molecular complexity index is 977. The Morgan fingerprint density at radius 2 is 2.00 bits per heavy atom. The van der Waals surface area contributed by atoms with Crippen LogP contribution < -0.4 is 15.8 Å². The van der Waals surface area contributed by atoms with Gasteiger partial charge in [-0.3, -0.25) is 4.79 Å². The normalized spacial score (nSPS) is 16.3. The van der Waals surface area contributed by atoms with E-state index >= 15 is 0 Å². The molecule has 6 nitrogen and oxygen atoms in total. The lowest BCUT2D eigenvalue weighted by molar-refractivity contribution is -0.937. The van der Waals surface area contributed by atoms with Crippen LogP contribution in [0.25, 0.3) is 11.0 Å². The minimum Gasteiger partial charge on any atom is -0.422 e. The van der Waals surface area contributed by atoms with Crippen LogP contribution in [0.5, 0.6) is 0 Å². The molecule has 3 heterocycles. The van der Waals surface area contributed by atoms with Gasteiger partial charge in [0.15, 0.2) is 0 Å². The van der Waals surface area contributed by atoms with Gasteiger partial charge < -0.3 is 19.4 Å². The van der Waals surface area contributed by atoms with Crippen molar-refractivity contribution in [1.82, 2.24) is 5.32 Å². The molecule has 1 fully saturated rings. The Labute approximate surface area is 160 Å². The number of hydrogen-bond donors (Lipinski definition) is 2. The van der Waals surface area contributed by atoms with Crippen LogP contribution in [0.4, 0.5) is 0 Å². The highest BCUT2D eigenvalue weighted by Crippen LogP contribution is 2.17. The summed E-state index contributed by atoms with van der Waals surface area (Å²) in [6.45, 7) is 3.70. The Balaban J connectivity index is 1.53. The van der Waals surface area contributed by atoms with Crippen LogP contribution in [0.1, 0.15) is 21.3 Å². The fraction of sp³-hybridized carbons (Fsp3) is 0.300. The third kappa shape index (κ3) is 3.95. The first-order valence-electron chi connectivity index (χ1n) is 8.99. The largest absolute Gasteiger partial charge is 0.422 e. The molecule has 1 saturated heterocycles. The summed E-state index contributed by atoms with van der Waals surface area (Å²) in [5, 5.41) is 5.71. The molecular formula is C20H21N2O4S+. The van der Waals surface area contributed by atoms with Crippen LogP contribution in [0, 0.1) is 0 Å². The number of ether oxygens (including phenoxy) is 1. The van der Waals surface area contributed by atoms with E-state index in [1.165, 1.54) is 9.78 Å². The quantitative estimate of drug-likeness (QED) is 0.648. The number of para-hydroxylation sites is 1. The van der Waals surface area contributed by atoms with Gasteiger partial charge in [-0.15, -0.1) is 11.3 Å². The summed E-state index contributed by atoms with van der Waals surface area (Å²) in [5.41, 5.74) is -0.0959. The second-order valence-electron chi connectivity index (χ2n) is 6.53. The number of nitrogens with one attached hydrogen (secondary N) is 2. The zero-order valence-electron chi connectivity index (χ0n) is 14.8. The molecule has 0 spiro atoms. The number of morpholine rings is 1. The molecule has 2 aromatic heterocycles. The van der Waals surface area contributed by atoms with Gasteiger partial charge in [0.2, 0.25) is 0 Å². The van der Waals surface area contributed by atoms with E-state index in [-0.39, 0.29) is 11.6 Å². The van der Waals surface area contributed by atoms with Gasteiger partial charge in [0.1, 0.15) is 30.3 Å². The maximum atomic E-state index is 12.7. The van der Waals surface area contributed by atoms with Gasteiger partial charge in [-0.25, -0.2) is 4.79 Å². The Hall–Kier alpha value is -2.48. The fourth-order valence-corrected chi connectivity index (χ4v) is 4.31. The zero-order valence-corrected chi connectivity index (χ0v) is 15.6. The zero-order chi connectivity index (χ0) is 18.6. The SMILES string of the molecule is O=C(NC[C@@H](c1cccs1)[NH+]1CCOCC1)c1cc2ccccc2oc1=O. The number of amides is 1. The molecule has 2 N–H and O–H groups in total. The standard InChI is InChI=1S/C20H20N2O4S/c23-19(15-12-14-4-1-2-5-17(14)26-20(15)24)21-13-16(18-6-3-11-27-18)22-7-9-25-10-8-22/h1-6,11-12,16H,7-10,13H2,(H,21,23)/p+1/t16-/m0/s1. The molecule has 1 aliphatic heterocycles. The number of thiophene rings is 1. The molecule has 7 heteroatoms. The third-order valence-corrected chi connectivity index (χ3v) is 5.85. The van der Waals surface area contributed by atoms with Crippen LogP contribution in [0.2, 0.25) is 0 Å². The predicted octanol–water partition coefficient (Wildman–Crippen LogP) is 1.24. The van der Waals surface area contributed by atoms with Crippen molar-refractivity contribution in [1.29, 1.82) is 0 Å². The third-order valence-electron chi connectivity index (χ3n) is 4.87. The van der Waals surface area contributed by atoms with E-state index in [2.05, 4.69) is 11.4 Å². The predicted molar refractivity (Wildman–Crippen MR) is 103 cm³/mol. The molecule has 3 aromatic rings. The lowest BCUT2D eigenvalue weighted by Crippen LogP contribution is -3.15. The van der Waals surface area contributed by atoms with Crippen LogP contribution >= 0.6 is 11.3 Å². The van der Waals surface area contributed by atoms with Crippen molar-refractivity contribution < 1.29 is 18.8 Å². The van der Waals surface area contributed by atoms with Gasteiger partial charge >= 0.3 is 5.63 Å². The highest BCUT2D eigenvalue weighted by molar-refractivity contribution is 7.10. The molecule has 0 saturated carbocycles. The van der Waals surface area contributed by atoms with E-state index in [1.54, 1.807) is 29.5 Å². The smallest absolute Gasteiger partial charge is 0.349 e. The van der Waals surface area contributed by atoms with Crippen molar-refractivity contribution in [2.45, 2.75) is 6.04 Å². The van der Waals surface area contributed by atoms with Gasteiger partial charge in [0.05, 0.1) is 24.6 Å². The van der Waals surface area contributed by atoms with Crippen LogP contribution in [0.15, 0.2) is 57.1 Å². The summed E-state index contributed by atoms with van der Waals surface area (Å²) in [7, 11) is 0. The Morgan fingerprint density at radius 1 is 1.19 bits per heavy atom. The van der Waals surface area contributed by atoms with E-state index in [0.717, 1.165) is 31.7 Å². The van der Waals surface area contributed by atoms with E-state index < -0.39 is 11.5 Å². The first-order chi connectivity index (χ1) is 13.2. The minimum atomic E-state index is -0.613. The van der Waals surface area contributed by atoms with Gasteiger partial charge in [-0.1, -0.05) is 24.3 Å². The molecule has 0 bridgehead atoms. The molecule has 27 heavy (non-hydrogen) atoms. The van der Waals surface area contributed by atoms with Crippen LogP contribution in [-0.2, 0) is 4.74 Å². The van der Waals surface area contributed by atoms with Gasteiger partial charge in [0, 0.05) is 5.39 Å². The number of fused-ring (bicyclic) bond motifs is 1. The van der Waals surface area contributed by atoms with Crippen LogP contribution in [-0.4, -0.2) is 38.8 Å². The van der Waals surface area contributed by atoms with E-state index in [0.29, 0.717) is 12.1 Å². The van der Waals surface area contributed by atoms with Gasteiger partial charge in [-0.05, 0) is 23.6 Å². The first-order valence-corrected chi connectivity index (χ1v) is 9.87. The number of carbonyl (C=O) groups excluding carboxylic acids is 1. The van der Waals surface area contributed by atoms with Crippen molar-refractivity contribution in [3.05, 3.63) is 68.7 Å². The Morgan fingerprint density at radius 3 is 2.78 bits per heavy atom. The van der Waals surface area contributed by atoms with Crippen molar-refractivity contribution >= 4 is 28.2 Å². The summed E-state index contributed by atoms with van der Waals surface area (Å²) in [6, 6.07) is 13.0. The van der Waals surface area contributed by atoms with Crippen molar-refractivity contribution in [2.24, 2.45) is 0 Å². The lowest BCUT2D eigenvalue weighted by Gasteiger charge is -2.31. The monoisotopic (exact) mass is 385 g/mol. The second-order valence-corrected chi connectivity index (χ2v) is 7.51. The molecule has 1 amide bonds. The maximum absolute atomic E-state index is 12.7. The minimum absolute atomic E-state index is 0.0376. The number of hydrogen-bond acceptors (Lipinski definition) is 5. The molecule has 1 aliphatic rings. The van der Waals surface area contributed by atoms with Gasteiger partial charge in [0.25, 0.3) is 5.91 Å². The number of benzene rings is 1. The number of quaternary nitrogens is 1. The molecule has 140 valence electrons. The van der Waals surface area contributed by atoms with Crippen molar-refractivity contribution in [3.63, 3.8) is 0 Å². The molecule has 1 aromatic carbocycles. The average Bonchev–Trinajstić information content (AvgIpc) is 3.23. The molecule has 4 rings (SSSR count). The molecule has 0 aliphatic carbocycles. The lowest BCUT2D eigenvalue weighted by atomic mass is 10.1. The summed E-state index contributed by atoms with van der Waals surface area (Å²) < 4.78 is 10.7. The van der Waals surface area contributed by atoms with Crippen molar-refractivity contribution in [2.75, 3.05) is 32.8 Å². The molecular weight excluding hydrogens is 364 g/mol.